The van der Waals surface area contributed by atoms with Crippen molar-refractivity contribution >= 4 is 0 Å². The van der Waals surface area contributed by atoms with Crippen LogP contribution in [0.1, 0.15) is 17.3 Å². The van der Waals surface area contributed by atoms with Gasteiger partial charge < -0.3 is 9.47 Å². The largest absolute Gasteiger partial charge is 0.480 e. The highest BCUT2D eigenvalue weighted by Gasteiger charge is 2.21. The van der Waals surface area contributed by atoms with Crippen molar-refractivity contribution in [3.63, 3.8) is 0 Å². The molecule has 0 aliphatic rings. The average Bonchev–Trinajstić information content (AvgIpc) is 2.49. The van der Waals surface area contributed by atoms with Crippen LogP contribution in [-0.4, -0.2) is 34.2 Å². The fraction of sp³-hybridized carbons (Fsp3) is 0.273. The van der Waals surface area contributed by atoms with Gasteiger partial charge in [-0.05, 0) is 0 Å². The zero-order chi connectivity index (χ0) is 13.7. The molecular weight excluding hydrogens is 248 g/mol. The summed E-state index contributed by atoms with van der Waals surface area (Å²) in [6.07, 6.45) is 6.21. The fourth-order valence-corrected chi connectivity index (χ4v) is 1.61. The first-order chi connectivity index (χ1) is 9.30. The molecule has 2 heterocycles. The summed E-state index contributed by atoms with van der Waals surface area (Å²) < 4.78 is 10.2. The standard InChI is InChI=1S/C11H14N6O2/c1-18-8-5-15-10(11(16-8)19-2)9(17-12)7-3-13-6-14-4-7/h3-6,9,17H,12H2,1-2H3. The summed E-state index contributed by atoms with van der Waals surface area (Å²) in [7, 11) is 3.01. The van der Waals surface area contributed by atoms with Crippen molar-refractivity contribution in [2.75, 3.05) is 14.2 Å². The van der Waals surface area contributed by atoms with Gasteiger partial charge in [0.1, 0.15) is 12.0 Å². The predicted molar refractivity (Wildman–Crippen MR) is 66.3 cm³/mol. The molecule has 0 saturated carbocycles. The SMILES string of the molecule is COc1cnc(C(NN)c2cncnc2)c(OC)n1. The highest BCUT2D eigenvalue weighted by Crippen LogP contribution is 2.26. The normalized spacial score (nSPS) is 11.9. The van der Waals surface area contributed by atoms with E-state index in [4.69, 9.17) is 15.3 Å². The number of hydrogen-bond acceptors (Lipinski definition) is 8. The van der Waals surface area contributed by atoms with E-state index < -0.39 is 6.04 Å². The van der Waals surface area contributed by atoms with E-state index in [9.17, 15) is 0 Å². The van der Waals surface area contributed by atoms with Gasteiger partial charge in [0, 0.05) is 18.0 Å². The van der Waals surface area contributed by atoms with Crippen LogP contribution in [0.2, 0.25) is 0 Å². The lowest BCUT2D eigenvalue weighted by Gasteiger charge is -2.17. The summed E-state index contributed by atoms with van der Waals surface area (Å²) in [5, 5.41) is 0. The Kier molecular flexibility index (Phi) is 4.16. The van der Waals surface area contributed by atoms with Crippen molar-refractivity contribution in [1.82, 2.24) is 25.4 Å². The lowest BCUT2D eigenvalue weighted by atomic mass is 10.1. The Hall–Kier alpha value is -2.32. The van der Waals surface area contributed by atoms with Gasteiger partial charge in [0.25, 0.3) is 0 Å². The van der Waals surface area contributed by atoms with Gasteiger partial charge in [-0.15, -0.1) is 0 Å². The van der Waals surface area contributed by atoms with Crippen molar-refractivity contribution in [1.29, 1.82) is 0 Å². The third-order valence-corrected chi connectivity index (χ3v) is 2.50. The zero-order valence-corrected chi connectivity index (χ0v) is 10.6. The average molecular weight is 262 g/mol. The number of hydrogen-bond donors (Lipinski definition) is 2. The quantitative estimate of drug-likeness (QED) is 0.565. The lowest BCUT2D eigenvalue weighted by Crippen LogP contribution is -2.30. The van der Waals surface area contributed by atoms with E-state index in [1.807, 2.05) is 0 Å². The van der Waals surface area contributed by atoms with E-state index in [0.717, 1.165) is 5.56 Å². The maximum absolute atomic E-state index is 5.57. The van der Waals surface area contributed by atoms with E-state index in [1.54, 1.807) is 12.4 Å². The first kappa shape index (κ1) is 13.1. The molecule has 0 fully saturated rings. The summed E-state index contributed by atoms with van der Waals surface area (Å²) in [6.45, 7) is 0. The molecule has 0 aromatic carbocycles. The third kappa shape index (κ3) is 2.75. The van der Waals surface area contributed by atoms with Crippen LogP contribution in [0, 0.1) is 0 Å². The van der Waals surface area contributed by atoms with Crippen LogP contribution in [0.4, 0.5) is 0 Å². The Morgan fingerprint density at radius 2 is 1.89 bits per heavy atom. The van der Waals surface area contributed by atoms with Crippen LogP contribution >= 0.6 is 0 Å². The second-order valence-corrected chi connectivity index (χ2v) is 3.58. The van der Waals surface area contributed by atoms with Crippen LogP contribution < -0.4 is 20.7 Å². The van der Waals surface area contributed by atoms with Crippen LogP contribution in [0.25, 0.3) is 0 Å². The minimum absolute atomic E-state index is 0.325. The Morgan fingerprint density at radius 1 is 1.16 bits per heavy atom. The van der Waals surface area contributed by atoms with Crippen molar-refractivity contribution in [2.24, 2.45) is 5.84 Å². The molecule has 8 heteroatoms. The second kappa shape index (κ2) is 6.03. The minimum Gasteiger partial charge on any atom is -0.480 e. The first-order valence-electron chi connectivity index (χ1n) is 5.46. The molecule has 0 aliphatic carbocycles. The predicted octanol–water partition coefficient (Wildman–Crippen LogP) is -0.164. The number of methoxy groups -OCH3 is 2. The molecule has 100 valence electrons. The van der Waals surface area contributed by atoms with E-state index in [1.165, 1.54) is 26.7 Å². The van der Waals surface area contributed by atoms with Crippen molar-refractivity contribution in [3.8, 4) is 11.8 Å². The van der Waals surface area contributed by atoms with Crippen LogP contribution in [0.5, 0.6) is 11.8 Å². The highest BCUT2D eigenvalue weighted by atomic mass is 16.5. The zero-order valence-electron chi connectivity index (χ0n) is 10.6. The van der Waals surface area contributed by atoms with Gasteiger partial charge in [-0.25, -0.2) is 20.4 Å². The van der Waals surface area contributed by atoms with Gasteiger partial charge in [-0.3, -0.25) is 5.84 Å². The molecule has 2 rings (SSSR count). The van der Waals surface area contributed by atoms with Gasteiger partial charge in [0.2, 0.25) is 11.8 Å². The van der Waals surface area contributed by atoms with Gasteiger partial charge >= 0.3 is 0 Å². The van der Waals surface area contributed by atoms with Crippen molar-refractivity contribution in [3.05, 3.63) is 36.2 Å². The maximum atomic E-state index is 5.57. The molecule has 19 heavy (non-hydrogen) atoms. The number of ether oxygens (including phenoxy) is 2. The fourth-order valence-electron chi connectivity index (χ4n) is 1.61. The topological polar surface area (TPSA) is 108 Å². The Labute approximate surface area is 110 Å². The van der Waals surface area contributed by atoms with Gasteiger partial charge in [0.05, 0.1) is 26.5 Å². The summed E-state index contributed by atoms with van der Waals surface area (Å²) in [5.74, 6) is 6.26. The molecule has 0 spiro atoms. The lowest BCUT2D eigenvalue weighted by molar-refractivity contribution is 0.352. The smallest absolute Gasteiger partial charge is 0.240 e. The summed E-state index contributed by atoms with van der Waals surface area (Å²) >= 11 is 0. The molecule has 0 aliphatic heterocycles. The molecule has 0 radical (unpaired) electrons. The Morgan fingerprint density at radius 3 is 2.47 bits per heavy atom. The molecule has 3 N–H and O–H groups in total. The summed E-state index contributed by atoms with van der Waals surface area (Å²) in [4.78, 5) is 16.3. The Balaban J connectivity index is 2.43. The summed E-state index contributed by atoms with van der Waals surface area (Å²) in [5.41, 5.74) is 3.92. The molecule has 2 aromatic rings. The van der Waals surface area contributed by atoms with E-state index in [2.05, 4.69) is 25.4 Å². The van der Waals surface area contributed by atoms with Crippen molar-refractivity contribution < 1.29 is 9.47 Å². The molecular formula is C11H14N6O2. The van der Waals surface area contributed by atoms with Crippen molar-refractivity contribution in [2.45, 2.75) is 6.04 Å². The van der Waals surface area contributed by atoms with E-state index in [-0.39, 0.29) is 0 Å². The van der Waals surface area contributed by atoms with Gasteiger partial charge in [-0.1, -0.05) is 0 Å². The Bertz CT molecular complexity index is 536. The van der Waals surface area contributed by atoms with E-state index in [0.29, 0.717) is 17.5 Å². The van der Waals surface area contributed by atoms with Crippen LogP contribution in [-0.2, 0) is 0 Å². The van der Waals surface area contributed by atoms with E-state index >= 15 is 0 Å². The maximum Gasteiger partial charge on any atom is 0.240 e. The number of nitrogens with zero attached hydrogens (tertiary/aromatic N) is 4. The molecule has 0 saturated heterocycles. The molecule has 0 amide bonds. The minimum atomic E-state index is -0.422. The summed E-state index contributed by atoms with van der Waals surface area (Å²) in [6, 6.07) is -0.422. The van der Waals surface area contributed by atoms with Crippen LogP contribution in [0.3, 0.4) is 0 Å². The molecule has 1 atom stereocenters. The number of nitrogens with two attached hydrogens (primary N) is 1. The first-order valence-corrected chi connectivity index (χ1v) is 5.46. The molecule has 8 nitrogen and oxygen atoms in total. The number of hydrazine groups is 1. The van der Waals surface area contributed by atoms with Crippen LogP contribution in [0.15, 0.2) is 24.9 Å². The molecule has 2 aromatic heterocycles. The highest BCUT2D eigenvalue weighted by molar-refractivity contribution is 5.32. The number of rotatable bonds is 5. The van der Waals surface area contributed by atoms with Gasteiger partial charge in [0.15, 0.2) is 0 Å². The second-order valence-electron chi connectivity index (χ2n) is 3.58. The van der Waals surface area contributed by atoms with Gasteiger partial charge in [-0.2, -0.15) is 4.98 Å². The third-order valence-electron chi connectivity index (χ3n) is 2.50. The number of nitrogens with one attached hydrogen (secondary N) is 1. The molecule has 1 unspecified atom stereocenters. The monoisotopic (exact) mass is 262 g/mol. The number of aromatic nitrogens is 4. The molecule has 0 bridgehead atoms.